The SMILES string of the molecule is COCc1ccc(C(=O)Nc2cccc(S(=O)(=O)NCc3ccco3)c2)o1. The molecule has 0 spiro atoms. The summed E-state index contributed by atoms with van der Waals surface area (Å²) < 4.78 is 42.7. The number of rotatable bonds is 8. The molecule has 0 saturated heterocycles. The van der Waals surface area contributed by atoms with Gasteiger partial charge in [0.1, 0.15) is 18.1 Å². The summed E-state index contributed by atoms with van der Waals surface area (Å²) in [5.41, 5.74) is 0.325. The van der Waals surface area contributed by atoms with Gasteiger partial charge in [-0.25, -0.2) is 13.1 Å². The Morgan fingerprint density at radius 3 is 2.70 bits per heavy atom. The molecule has 0 aliphatic rings. The molecule has 0 bridgehead atoms. The first-order valence-corrected chi connectivity index (χ1v) is 9.47. The molecule has 9 heteroatoms. The molecule has 27 heavy (non-hydrogen) atoms. The number of methoxy groups -OCH3 is 1. The third kappa shape index (κ3) is 4.85. The van der Waals surface area contributed by atoms with Gasteiger partial charge in [-0.1, -0.05) is 6.07 Å². The van der Waals surface area contributed by atoms with E-state index in [1.165, 1.54) is 37.6 Å². The van der Waals surface area contributed by atoms with Gasteiger partial charge in [0.05, 0.1) is 17.7 Å². The Morgan fingerprint density at radius 1 is 1.11 bits per heavy atom. The van der Waals surface area contributed by atoms with Crippen molar-refractivity contribution in [2.45, 2.75) is 18.0 Å². The molecule has 2 N–H and O–H groups in total. The number of anilines is 1. The van der Waals surface area contributed by atoms with Crippen molar-refractivity contribution >= 4 is 21.6 Å². The number of amides is 1. The molecule has 0 aliphatic carbocycles. The van der Waals surface area contributed by atoms with Crippen LogP contribution in [0.2, 0.25) is 0 Å². The zero-order valence-corrected chi connectivity index (χ0v) is 15.3. The van der Waals surface area contributed by atoms with Crippen molar-refractivity contribution in [1.29, 1.82) is 0 Å². The number of benzene rings is 1. The first kappa shape index (κ1) is 18.9. The minimum atomic E-state index is -3.76. The molecule has 0 radical (unpaired) electrons. The number of sulfonamides is 1. The molecule has 0 fully saturated rings. The van der Waals surface area contributed by atoms with Crippen molar-refractivity contribution < 1.29 is 26.8 Å². The van der Waals surface area contributed by atoms with Gasteiger partial charge in [0.2, 0.25) is 10.0 Å². The maximum atomic E-state index is 12.4. The predicted octanol–water partition coefficient (Wildman–Crippen LogP) is 2.75. The van der Waals surface area contributed by atoms with E-state index < -0.39 is 15.9 Å². The second-order valence-electron chi connectivity index (χ2n) is 5.58. The Balaban J connectivity index is 1.69. The smallest absolute Gasteiger partial charge is 0.291 e. The number of furan rings is 2. The van der Waals surface area contributed by atoms with E-state index in [1.54, 1.807) is 24.3 Å². The third-order valence-electron chi connectivity index (χ3n) is 3.59. The van der Waals surface area contributed by atoms with Gasteiger partial charge in [0.25, 0.3) is 5.91 Å². The maximum absolute atomic E-state index is 12.4. The molecule has 0 atom stereocenters. The first-order chi connectivity index (χ1) is 13.0. The highest BCUT2D eigenvalue weighted by molar-refractivity contribution is 7.89. The van der Waals surface area contributed by atoms with E-state index in [4.69, 9.17) is 13.6 Å². The number of carbonyl (C=O) groups is 1. The number of hydrogen-bond acceptors (Lipinski definition) is 6. The van der Waals surface area contributed by atoms with Crippen LogP contribution in [0.5, 0.6) is 0 Å². The molecule has 0 unspecified atom stereocenters. The molecular weight excluding hydrogens is 372 g/mol. The van der Waals surface area contributed by atoms with Gasteiger partial charge in [0, 0.05) is 12.8 Å². The van der Waals surface area contributed by atoms with E-state index in [9.17, 15) is 13.2 Å². The van der Waals surface area contributed by atoms with Gasteiger partial charge in [-0.05, 0) is 42.5 Å². The lowest BCUT2D eigenvalue weighted by Crippen LogP contribution is -2.23. The van der Waals surface area contributed by atoms with Crippen molar-refractivity contribution in [3.8, 4) is 0 Å². The topological polar surface area (TPSA) is 111 Å². The quantitative estimate of drug-likeness (QED) is 0.612. The lowest BCUT2D eigenvalue weighted by Gasteiger charge is -2.08. The number of nitrogens with one attached hydrogen (secondary N) is 2. The van der Waals surface area contributed by atoms with Crippen molar-refractivity contribution in [3.63, 3.8) is 0 Å². The monoisotopic (exact) mass is 390 g/mol. The average Bonchev–Trinajstić information content (AvgIpc) is 3.33. The molecular formula is C18H18N2O6S. The van der Waals surface area contributed by atoms with E-state index in [1.807, 2.05) is 0 Å². The molecule has 2 heterocycles. The minimum Gasteiger partial charge on any atom is -0.468 e. The Labute approximate surface area is 156 Å². The molecule has 8 nitrogen and oxygen atoms in total. The van der Waals surface area contributed by atoms with Gasteiger partial charge in [0.15, 0.2) is 5.76 Å². The van der Waals surface area contributed by atoms with E-state index in [0.717, 1.165) is 0 Å². The Hall–Kier alpha value is -2.88. The first-order valence-electron chi connectivity index (χ1n) is 7.99. The lowest BCUT2D eigenvalue weighted by molar-refractivity contribution is 0.0987. The highest BCUT2D eigenvalue weighted by Crippen LogP contribution is 2.18. The summed E-state index contributed by atoms with van der Waals surface area (Å²) >= 11 is 0. The number of ether oxygens (including phenoxy) is 1. The molecule has 3 aromatic rings. The normalized spacial score (nSPS) is 11.4. The van der Waals surface area contributed by atoms with Gasteiger partial charge in [-0.3, -0.25) is 4.79 Å². The van der Waals surface area contributed by atoms with Crippen LogP contribution in [0.3, 0.4) is 0 Å². The summed E-state index contributed by atoms with van der Waals surface area (Å²) in [7, 11) is -2.24. The second-order valence-corrected chi connectivity index (χ2v) is 7.35. The van der Waals surface area contributed by atoms with Crippen LogP contribution in [0.25, 0.3) is 0 Å². The van der Waals surface area contributed by atoms with Crippen LogP contribution in [0, 0.1) is 0 Å². The molecule has 1 amide bonds. The van der Waals surface area contributed by atoms with Crippen LogP contribution in [0.15, 0.2) is 68.5 Å². The maximum Gasteiger partial charge on any atom is 0.291 e. The fraction of sp³-hybridized carbons (Fsp3) is 0.167. The Morgan fingerprint density at radius 2 is 1.96 bits per heavy atom. The molecule has 1 aromatic carbocycles. The number of carbonyl (C=O) groups excluding carboxylic acids is 1. The van der Waals surface area contributed by atoms with E-state index >= 15 is 0 Å². The van der Waals surface area contributed by atoms with Crippen molar-refractivity contribution in [3.05, 3.63) is 72.1 Å². The van der Waals surface area contributed by atoms with Crippen molar-refractivity contribution in [1.82, 2.24) is 4.72 Å². The zero-order valence-electron chi connectivity index (χ0n) is 14.5. The van der Waals surface area contributed by atoms with E-state index in [2.05, 4.69) is 10.0 Å². The highest BCUT2D eigenvalue weighted by Gasteiger charge is 2.17. The Kier molecular flexibility index (Phi) is 5.75. The summed E-state index contributed by atoms with van der Waals surface area (Å²) in [4.78, 5) is 12.3. The summed E-state index contributed by atoms with van der Waals surface area (Å²) in [6.45, 7) is 0.281. The summed E-state index contributed by atoms with van der Waals surface area (Å²) in [6, 6.07) is 12.4. The third-order valence-corrected chi connectivity index (χ3v) is 4.99. The van der Waals surface area contributed by atoms with Crippen molar-refractivity contribution in [2.75, 3.05) is 12.4 Å². The highest BCUT2D eigenvalue weighted by atomic mass is 32.2. The number of hydrogen-bond donors (Lipinski definition) is 2. The second kappa shape index (κ2) is 8.21. The zero-order chi connectivity index (χ0) is 19.3. The van der Waals surface area contributed by atoms with Crippen molar-refractivity contribution in [2.24, 2.45) is 0 Å². The minimum absolute atomic E-state index is 0.0198. The Bertz CT molecular complexity index is 1010. The van der Waals surface area contributed by atoms with Gasteiger partial charge < -0.3 is 18.9 Å². The average molecular weight is 390 g/mol. The van der Waals surface area contributed by atoms with Gasteiger partial charge in [-0.15, -0.1) is 0 Å². The summed E-state index contributed by atoms with van der Waals surface area (Å²) in [6.07, 6.45) is 1.46. The molecule has 0 saturated carbocycles. The van der Waals surface area contributed by atoms with E-state index in [0.29, 0.717) is 17.2 Å². The van der Waals surface area contributed by atoms with Crippen LogP contribution in [-0.4, -0.2) is 21.4 Å². The van der Waals surface area contributed by atoms with Crippen LogP contribution in [0.4, 0.5) is 5.69 Å². The van der Waals surface area contributed by atoms with E-state index in [-0.39, 0.29) is 23.8 Å². The summed E-state index contributed by atoms with van der Waals surface area (Å²) in [5.74, 6) is 0.621. The summed E-state index contributed by atoms with van der Waals surface area (Å²) in [5, 5.41) is 2.61. The fourth-order valence-corrected chi connectivity index (χ4v) is 3.35. The lowest BCUT2D eigenvalue weighted by atomic mass is 10.3. The van der Waals surface area contributed by atoms with Gasteiger partial charge in [-0.2, -0.15) is 0 Å². The van der Waals surface area contributed by atoms with Gasteiger partial charge >= 0.3 is 0 Å². The predicted molar refractivity (Wildman–Crippen MR) is 96.5 cm³/mol. The largest absolute Gasteiger partial charge is 0.468 e. The molecule has 2 aromatic heterocycles. The van der Waals surface area contributed by atoms with Crippen LogP contribution in [-0.2, 0) is 27.9 Å². The van der Waals surface area contributed by atoms with Crippen LogP contribution >= 0.6 is 0 Å². The van der Waals surface area contributed by atoms with Crippen LogP contribution in [0.1, 0.15) is 22.1 Å². The fourth-order valence-electron chi connectivity index (χ4n) is 2.32. The molecule has 0 aliphatic heterocycles. The molecule has 142 valence electrons. The molecule has 3 rings (SSSR count). The standard InChI is InChI=1S/C18H18N2O6S/c1-24-12-15-7-8-17(26-15)18(21)20-13-4-2-6-16(10-13)27(22,23)19-11-14-5-3-9-25-14/h2-10,19H,11-12H2,1H3,(H,20,21). The van der Waals surface area contributed by atoms with Crippen LogP contribution < -0.4 is 10.0 Å².